The lowest BCUT2D eigenvalue weighted by atomic mass is 9.95. The van der Waals surface area contributed by atoms with Gasteiger partial charge in [-0.2, -0.15) is 18.4 Å². The van der Waals surface area contributed by atoms with Crippen LogP contribution in [0.3, 0.4) is 0 Å². The van der Waals surface area contributed by atoms with E-state index in [1.807, 2.05) is 16.8 Å². The van der Waals surface area contributed by atoms with Crippen LogP contribution in [0.25, 0.3) is 0 Å². The minimum Gasteiger partial charge on any atom is -0.483 e. The minimum absolute atomic E-state index is 0.0527. The van der Waals surface area contributed by atoms with Crippen molar-refractivity contribution < 1.29 is 17.9 Å². The van der Waals surface area contributed by atoms with Gasteiger partial charge >= 0.3 is 6.18 Å². The van der Waals surface area contributed by atoms with Gasteiger partial charge in [0.1, 0.15) is 10.7 Å². The number of hydrogen-bond acceptors (Lipinski definition) is 4. The van der Waals surface area contributed by atoms with Crippen LogP contribution in [-0.2, 0) is 12.0 Å². The summed E-state index contributed by atoms with van der Waals surface area (Å²) in [6, 6.07) is 6.08. The second-order valence-corrected chi connectivity index (χ2v) is 9.71. The third-order valence-corrected chi connectivity index (χ3v) is 5.71. The molecule has 0 fully saturated rings. The van der Waals surface area contributed by atoms with Crippen molar-refractivity contribution in [2.24, 2.45) is 10.9 Å². The first-order valence-corrected chi connectivity index (χ1v) is 10.6. The summed E-state index contributed by atoms with van der Waals surface area (Å²) in [4.78, 5) is 6.38. The summed E-state index contributed by atoms with van der Waals surface area (Å²) < 4.78 is 44.8. The number of thiazole rings is 1. The fourth-order valence-corrected chi connectivity index (χ4v) is 3.91. The number of ether oxygens (including phenoxy) is 1. The molecule has 0 saturated carbocycles. The highest BCUT2D eigenvalue weighted by Gasteiger charge is 2.29. The molecule has 0 atom stereocenters. The van der Waals surface area contributed by atoms with Crippen molar-refractivity contribution in [3.63, 3.8) is 0 Å². The van der Waals surface area contributed by atoms with E-state index in [0.717, 1.165) is 11.4 Å². The molecule has 9 heteroatoms. The van der Waals surface area contributed by atoms with Gasteiger partial charge in [-0.3, -0.25) is 0 Å². The van der Waals surface area contributed by atoms with Crippen LogP contribution >= 0.6 is 23.6 Å². The fraction of sp³-hybridized carbons (Fsp3) is 0.476. The van der Waals surface area contributed by atoms with Gasteiger partial charge in [-0.15, -0.1) is 11.3 Å². The van der Waals surface area contributed by atoms with Gasteiger partial charge in [-0.25, -0.2) is 4.99 Å². The van der Waals surface area contributed by atoms with E-state index in [1.165, 1.54) is 29.5 Å². The molecule has 0 spiro atoms. The maximum Gasteiger partial charge on any atom is 0.422 e. The van der Waals surface area contributed by atoms with Crippen molar-refractivity contribution in [3.05, 3.63) is 45.2 Å². The number of nitriles is 1. The largest absolute Gasteiger partial charge is 0.483 e. The average molecular weight is 456 g/mol. The highest BCUT2D eigenvalue weighted by Crippen LogP contribution is 2.26. The zero-order valence-corrected chi connectivity index (χ0v) is 19.1. The number of aromatic nitrogens is 1. The van der Waals surface area contributed by atoms with Crippen LogP contribution in [-0.4, -0.2) is 22.3 Å². The second kappa shape index (κ2) is 9.31. The predicted molar refractivity (Wildman–Crippen MR) is 116 cm³/mol. The van der Waals surface area contributed by atoms with Crippen LogP contribution in [0.1, 0.15) is 50.6 Å². The molecule has 4 nitrogen and oxygen atoms in total. The Balaban J connectivity index is 2.53. The average Bonchev–Trinajstić information content (AvgIpc) is 3.01. The third kappa shape index (κ3) is 6.67. The van der Waals surface area contributed by atoms with Crippen LogP contribution in [0.2, 0.25) is 0 Å². The number of hydrogen-bond donors (Lipinski definition) is 0. The molecular formula is C21H24F3N3OS2. The van der Waals surface area contributed by atoms with E-state index in [2.05, 4.69) is 39.6 Å². The van der Waals surface area contributed by atoms with E-state index >= 15 is 0 Å². The second-order valence-electron chi connectivity index (χ2n) is 8.32. The molecule has 0 aliphatic carbocycles. The number of thiocarbonyl (C=S) groups is 1. The van der Waals surface area contributed by atoms with Gasteiger partial charge in [0.05, 0.1) is 17.2 Å². The molecule has 0 bridgehead atoms. The summed E-state index contributed by atoms with van der Waals surface area (Å²) >= 11 is 6.92. The summed E-state index contributed by atoms with van der Waals surface area (Å²) in [5, 5.41) is 9.17. The van der Waals surface area contributed by atoms with E-state index in [9.17, 15) is 18.4 Å². The first-order chi connectivity index (χ1) is 13.8. The zero-order chi connectivity index (χ0) is 22.7. The monoisotopic (exact) mass is 455 g/mol. The molecule has 0 N–H and O–H groups in total. The van der Waals surface area contributed by atoms with Gasteiger partial charge in [-0.1, -0.05) is 46.8 Å². The Labute approximate surface area is 183 Å². The van der Waals surface area contributed by atoms with Crippen molar-refractivity contribution in [3.8, 4) is 11.8 Å². The van der Waals surface area contributed by atoms with Crippen LogP contribution in [0.15, 0.2) is 29.4 Å². The van der Waals surface area contributed by atoms with Crippen molar-refractivity contribution in [1.29, 1.82) is 5.26 Å². The van der Waals surface area contributed by atoms with Gasteiger partial charge in [0.25, 0.3) is 0 Å². The van der Waals surface area contributed by atoms with E-state index in [0.29, 0.717) is 10.7 Å². The first kappa shape index (κ1) is 24.1. The van der Waals surface area contributed by atoms with Gasteiger partial charge < -0.3 is 9.30 Å². The minimum atomic E-state index is -4.49. The molecule has 0 saturated heterocycles. The molecule has 0 aliphatic rings. The lowest BCUT2D eigenvalue weighted by Crippen LogP contribution is -2.21. The van der Waals surface area contributed by atoms with Gasteiger partial charge in [-0.05, 0) is 29.5 Å². The van der Waals surface area contributed by atoms with E-state index in [-0.39, 0.29) is 27.3 Å². The van der Waals surface area contributed by atoms with Crippen molar-refractivity contribution in [2.75, 3.05) is 6.61 Å². The van der Waals surface area contributed by atoms with Gasteiger partial charge in [0.15, 0.2) is 11.4 Å². The molecule has 162 valence electrons. The Morgan fingerprint density at radius 1 is 1.30 bits per heavy atom. The molecule has 1 aromatic carbocycles. The van der Waals surface area contributed by atoms with E-state index < -0.39 is 12.8 Å². The van der Waals surface area contributed by atoms with Crippen LogP contribution < -0.4 is 9.54 Å². The molecule has 0 unspecified atom stereocenters. The molecular weight excluding hydrogens is 431 g/mol. The molecule has 0 radical (unpaired) electrons. The molecule has 0 aliphatic heterocycles. The highest BCUT2D eigenvalue weighted by atomic mass is 32.1. The topological polar surface area (TPSA) is 50.3 Å². The maximum atomic E-state index is 12.6. The van der Waals surface area contributed by atoms with E-state index in [4.69, 9.17) is 17.0 Å². The van der Waals surface area contributed by atoms with Crippen LogP contribution in [0.4, 0.5) is 13.2 Å². The molecule has 30 heavy (non-hydrogen) atoms. The van der Waals surface area contributed by atoms with Crippen molar-refractivity contribution >= 4 is 28.5 Å². The van der Waals surface area contributed by atoms with Crippen molar-refractivity contribution in [1.82, 2.24) is 4.57 Å². The maximum absolute atomic E-state index is 12.6. The number of halogens is 3. The Bertz CT molecular complexity index is 1020. The Morgan fingerprint density at radius 3 is 2.50 bits per heavy atom. The molecule has 2 aromatic rings. The zero-order valence-electron chi connectivity index (χ0n) is 17.5. The van der Waals surface area contributed by atoms with Crippen molar-refractivity contribution in [2.45, 2.75) is 52.8 Å². The lowest BCUT2D eigenvalue weighted by Gasteiger charge is -2.14. The molecule has 1 aromatic heterocycles. The van der Waals surface area contributed by atoms with Gasteiger partial charge in [0.2, 0.25) is 0 Å². The lowest BCUT2D eigenvalue weighted by molar-refractivity contribution is -0.153. The normalized spacial score (nSPS) is 12.9. The Hall–Kier alpha value is -2.18. The SMILES string of the molecule is CC(C)Cn1cc(C(C)(C)C)s/c1=N\C(=S)c1cc(C#N)ccc1OCC(F)(F)F. The molecule has 0 amide bonds. The van der Waals surface area contributed by atoms with Crippen LogP contribution in [0, 0.1) is 17.2 Å². The van der Waals surface area contributed by atoms with Gasteiger partial charge in [0, 0.05) is 17.6 Å². The summed E-state index contributed by atoms with van der Waals surface area (Å²) in [5.74, 6) is 0.315. The molecule has 1 heterocycles. The highest BCUT2D eigenvalue weighted by molar-refractivity contribution is 7.80. The first-order valence-electron chi connectivity index (χ1n) is 9.33. The smallest absolute Gasteiger partial charge is 0.422 e. The number of alkyl halides is 3. The van der Waals surface area contributed by atoms with E-state index in [1.54, 1.807) is 0 Å². The standard InChI is InChI=1S/C21H24F3N3OS2/c1-13(2)10-27-11-17(20(3,4)5)30-19(27)26-18(29)15-8-14(9-25)6-7-16(15)28-12-21(22,23)24/h6-8,11,13H,10,12H2,1-5H3/b26-19-. The Kier molecular flexibility index (Phi) is 7.48. The Morgan fingerprint density at radius 2 is 1.97 bits per heavy atom. The fourth-order valence-electron chi connectivity index (χ4n) is 2.54. The quantitative estimate of drug-likeness (QED) is 0.552. The number of nitrogens with zero attached hydrogens (tertiary/aromatic N) is 3. The summed E-state index contributed by atoms with van der Waals surface area (Å²) in [5.41, 5.74) is 0.370. The summed E-state index contributed by atoms with van der Waals surface area (Å²) in [6.07, 6.45) is -2.45. The number of rotatable bonds is 5. The number of benzene rings is 1. The summed E-state index contributed by atoms with van der Waals surface area (Å²) in [7, 11) is 0. The third-order valence-electron chi connectivity index (χ3n) is 3.95. The molecule has 2 rings (SSSR count). The predicted octanol–water partition coefficient (Wildman–Crippen LogP) is 5.59. The summed E-state index contributed by atoms with van der Waals surface area (Å²) in [6.45, 7) is 9.74. The van der Waals surface area contributed by atoms with Crippen LogP contribution in [0.5, 0.6) is 5.75 Å².